The van der Waals surface area contributed by atoms with Crippen LogP contribution in [0.4, 0.5) is 5.69 Å². The number of nitrogen functional groups attached to an aromatic ring is 1. The number of nitrogens with two attached hydrogens (primary N) is 1. The fourth-order valence-corrected chi connectivity index (χ4v) is 3.98. The van der Waals surface area contributed by atoms with Gasteiger partial charge in [0.1, 0.15) is 0 Å². The average Bonchev–Trinajstić information content (AvgIpc) is 3.53. The van der Waals surface area contributed by atoms with Crippen molar-refractivity contribution in [1.82, 2.24) is 19.9 Å². The Hall–Kier alpha value is -3.86. The van der Waals surface area contributed by atoms with Gasteiger partial charge in [0.2, 0.25) is 0 Å². The van der Waals surface area contributed by atoms with E-state index in [1.807, 2.05) is 60.7 Å². The van der Waals surface area contributed by atoms with Gasteiger partial charge < -0.3 is 15.7 Å². The van der Waals surface area contributed by atoms with E-state index in [0.717, 1.165) is 61.7 Å². The van der Waals surface area contributed by atoms with E-state index in [2.05, 4.69) is 45.3 Å². The molecule has 0 amide bonds. The van der Waals surface area contributed by atoms with Crippen molar-refractivity contribution in [2.45, 2.75) is 0 Å². The second-order valence-corrected chi connectivity index (χ2v) is 7.68. The number of fused-ring (bicyclic) bond motifs is 8. The molecule has 2 aliphatic heterocycles. The van der Waals surface area contributed by atoms with E-state index in [1.54, 1.807) is 0 Å². The van der Waals surface area contributed by atoms with Crippen LogP contribution in [0.25, 0.3) is 57.5 Å². The van der Waals surface area contributed by atoms with Gasteiger partial charge in [-0.25, -0.2) is 9.97 Å². The predicted molar refractivity (Wildman–Crippen MR) is 129 cm³/mol. The number of para-hydroxylation sites is 1. The van der Waals surface area contributed by atoms with Crippen molar-refractivity contribution in [2.75, 3.05) is 5.73 Å². The van der Waals surface area contributed by atoms with Crippen LogP contribution >= 0.6 is 0 Å². The molecule has 6 rings (SSSR count). The molecule has 0 radical (unpaired) electrons. The van der Waals surface area contributed by atoms with Crippen LogP contribution in [0.2, 0.25) is 0 Å². The third-order valence-corrected chi connectivity index (χ3v) is 5.42. The van der Waals surface area contributed by atoms with Gasteiger partial charge >= 0.3 is 0 Å². The van der Waals surface area contributed by atoms with Crippen molar-refractivity contribution in [3.05, 3.63) is 89.5 Å². The molecule has 5 heterocycles. The first-order valence-corrected chi connectivity index (χ1v) is 10.1. The van der Waals surface area contributed by atoms with E-state index < -0.39 is 0 Å². The topological polar surface area (TPSA) is 83.4 Å². The Labute approximate surface area is 195 Å². The summed E-state index contributed by atoms with van der Waals surface area (Å²) in [6.45, 7) is 0. The SMILES string of the molecule is Nc1ccccc1-c1cc2cc3ccc(cc4nc(cc5nc(cc1[nH]2)C=C5)C=C4)[nH]3.[Fe]. The van der Waals surface area contributed by atoms with Gasteiger partial charge in [0.15, 0.2) is 0 Å². The number of anilines is 1. The van der Waals surface area contributed by atoms with E-state index in [9.17, 15) is 0 Å². The second-order valence-electron chi connectivity index (χ2n) is 7.68. The molecule has 4 aromatic rings. The molecule has 0 unspecified atom stereocenters. The number of nitrogens with zero attached hydrogens (tertiary/aromatic N) is 2. The summed E-state index contributed by atoms with van der Waals surface area (Å²) in [5.41, 5.74) is 16.6. The molecule has 0 saturated heterocycles. The van der Waals surface area contributed by atoms with Gasteiger partial charge in [0.05, 0.1) is 22.8 Å². The zero-order valence-corrected chi connectivity index (χ0v) is 18.1. The van der Waals surface area contributed by atoms with Crippen LogP contribution in [0.5, 0.6) is 0 Å². The maximum Gasteiger partial charge on any atom is 0.0659 e. The molecule has 0 atom stereocenters. The molecule has 8 bridgehead atoms. The van der Waals surface area contributed by atoms with Gasteiger partial charge in [-0.15, -0.1) is 0 Å². The summed E-state index contributed by atoms with van der Waals surface area (Å²) in [6, 6.07) is 22.3. The first-order chi connectivity index (χ1) is 15.2. The molecule has 1 aromatic carbocycles. The number of rotatable bonds is 1. The number of nitrogens with one attached hydrogen (secondary N) is 2. The monoisotopic (exact) mass is 457 g/mol. The van der Waals surface area contributed by atoms with E-state index in [0.29, 0.717) is 0 Å². The van der Waals surface area contributed by atoms with Crippen molar-refractivity contribution in [1.29, 1.82) is 0 Å². The minimum Gasteiger partial charge on any atom is -0.398 e. The normalized spacial score (nSPS) is 12.0. The first-order valence-electron chi connectivity index (χ1n) is 10.1. The van der Waals surface area contributed by atoms with Gasteiger partial charge in [-0.3, -0.25) is 0 Å². The Morgan fingerprint density at radius 1 is 0.562 bits per heavy atom. The number of H-pyrrole nitrogens is 2. The predicted octanol–water partition coefficient (Wildman–Crippen LogP) is 5.90. The third kappa shape index (κ3) is 3.78. The van der Waals surface area contributed by atoms with E-state index >= 15 is 0 Å². The summed E-state index contributed by atoms with van der Waals surface area (Å²) in [7, 11) is 0. The number of aromatic nitrogens is 4. The largest absolute Gasteiger partial charge is 0.398 e. The molecule has 2 aliphatic rings. The average molecular weight is 457 g/mol. The van der Waals surface area contributed by atoms with Crippen LogP contribution in [0.1, 0.15) is 22.8 Å². The van der Waals surface area contributed by atoms with Gasteiger partial charge in [-0.05, 0) is 72.8 Å². The Bertz CT molecular complexity index is 1560. The summed E-state index contributed by atoms with van der Waals surface area (Å²) in [6.07, 6.45) is 8.03. The molecule has 3 aromatic heterocycles. The fourth-order valence-electron chi connectivity index (χ4n) is 3.98. The van der Waals surface area contributed by atoms with Crippen molar-refractivity contribution in [3.63, 3.8) is 0 Å². The zero-order chi connectivity index (χ0) is 20.8. The molecular formula is C26H19FeN5. The van der Waals surface area contributed by atoms with Crippen molar-refractivity contribution in [2.24, 2.45) is 0 Å². The first kappa shape index (κ1) is 20.1. The summed E-state index contributed by atoms with van der Waals surface area (Å²) < 4.78 is 0. The van der Waals surface area contributed by atoms with E-state index in [1.165, 1.54) is 0 Å². The molecular weight excluding hydrogens is 438 g/mol. The van der Waals surface area contributed by atoms with E-state index in [4.69, 9.17) is 10.7 Å². The Balaban J connectivity index is 0.00000216. The van der Waals surface area contributed by atoms with E-state index in [-0.39, 0.29) is 17.1 Å². The number of hydrogen-bond acceptors (Lipinski definition) is 3. The Kier molecular flexibility index (Phi) is 5.02. The summed E-state index contributed by atoms with van der Waals surface area (Å²) in [5.74, 6) is 0. The van der Waals surface area contributed by atoms with Crippen LogP contribution in [-0.2, 0) is 17.1 Å². The molecule has 156 valence electrons. The molecule has 4 N–H and O–H groups in total. The van der Waals surface area contributed by atoms with Crippen LogP contribution in [0.3, 0.4) is 0 Å². The molecule has 0 spiro atoms. The van der Waals surface area contributed by atoms with Crippen molar-refractivity contribution < 1.29 is 17.1 Å². The van der Waals surface area contributed by atoms with Crippen LogP contribution in [-0.4, -0.2) is 19.9 Å². The van der Waals surface area contributed by atoms with Gasteiger partial charge in [-0.1, -0.05) is 18.2 Å². The van der Waals surface area contributed by atoms with Crippen LogP contribution < -0.4 is 5.73 Å². The van der Waals surface area contributed by atoms with Gasteiger partial charge in [0, 0.05) is 55.9 Å². The second kappa shape index (κ2) is 8.00. The molecule has 0 aliphatic carbocycles. The minimum atomic E-state index is 0. The maximum absolute atomic E-state index is 6.29. The number of hydrogen-bond donors (Lipinski definition) is 3. The van der Waals surface area contributed by atoms with Crippen molar-refractivity contribution in [3.8, 4) is 11.1 Å². The third-order valence-electron chi connectivity index (χ3n) is 5.42. The summed E-state index contributed by atoms with van der Waals surface area (Å²) >= 11 is 0. The number of benzene rings is 1. The molecule has 6 heteroatoms. The standard InChI is InChI=1S/C26H19N5.Fe/c27-25-4-2-1-3-23(25)24-14-22-13-20-8-7-18(29-20)11-16-5-6-17(28-16)12-19-9-10-21(30-19)15-26(24)31-22;/h1-15,29,31H,27H2;. The van der Waals surface area contributed by atoms with Crippen LogP contribution in [0, 0.1) is 0 Å². The summed E-state index contributed by atoms with van der Waals surface area (Å²) in [5, 5.41) is 0. The van der Waals surface area contributed by atoms with Gasteiger partial charge in [-0.2, -0.15) is 0 Å². The minimum absolute atomic E-state index is 0. The summed E-state index contributed by atoms with van der Waals surface area (Å²) in [4.78, 5) is 16.4. The maximum atomic E-state index is 6.29. The van der Waals surface area contributed by atoms with Gasteiger partial charge in [0.25, 0.3) is 0 Å². The van der Waals surface area contributed by atoms with Crippen LogP contribution in [0.15, 0.2) is 66.7 Å². The molecule has 0 saturated carbocycles. The molecule has 32 heavy (non-hydrogen) atoms. The zero-order valence-electron chi connectivity index (χ0n) is 17.0. The van der Waals surface area contributed by atoms with Crippen molar-refractivity contribution >= 4 is 52.1 Å². The smallest absolute Gasteiger partial charge is 0.0659 e. The Morgan fingerprint density at radius 2 is 1.19 bits per heavy atom. The quantitative estimate of drug-likeness (QED) is 0.212. The fraction of sp³-hybridized carbons (Fsp3) is 0. The molecule has 5 nitrogen and oxygen atoms in total. The Morgan fingerprint density at radius 3 is 1.91 bits per heavy atom. The molecule has 0 fully saturated rings. The number of aromatic amines is 2.